The van der Waals surface area contributed by atoms with Crippen LogP contribution >= 0.6 is 0 Å². The van der Waals surface area contributed by atoms with Gasteiger partial charge in [0.05, 0.1) is 12.0 Å². The average molecular weight is 402 g/mol. The summed E-state index contributed by atoms with van der Waals surface area (Å²) in [7, 11) is -1.81. The lowest BCUT2D eigenvalue weighted by molar-refractivity contribution is 0.0831. The first-order chi connectivity index (χ1) is 13.2. The quantitative estimate of drug-likeness (QED) is 0.647. The molecule has 0 unspecified atom stereocenters. The fourth-order valence-electron chi connectivity index (χ4n) is 2.64. The van der Waals surface area contributed by atoms with Crippen LogP contribution in [0.1, 0.15) is 26.5 Å². The number of rotatable bonds is 4. The lowest BCUT2D eigenvalue weighted by Gasteiger charge is -2.07. The molecule has 0 saturated carbocycles. The van der Waals surface area contributed by atoms with E-state index in [0.29, 0.717) is 16.9 Å². The molecule has 0 bridgehead atoms. The summed E-state index contributed by atoms with van der Waals surface area (Å²) in [5.74, 6) is -0.511. The summed E-state index contributed by atoms with van der Waals surface area (Å²) in [6.07, 6.45) is 1.08. The lowest BCUT2D eigenvalue weighted by atomic mass is 10.1. The number of hydrogen-bond donors (Lipinski definition) is 2. The summed E-state index contributed by atoms with van der Waals surface area (Å²) >= 11 is 0. The Kier molecular flexibility index (Phi) is 5.10. The lowest BCUT2D eigenvalue weighted by Crippen LogP contribution is -2.41. The van der Waals surface area contributed by atoms with Crippen LogP contribution in [0.4, 0.5) is 0 Å². The van der Waals surface area contributed by atoms with E-state index < -0.39 is 21.7 Å². The molecule has 2 aromatic carbocycles. The van der Waals surface area contributed by atoms with Crippen LogP contribution in [0.2, 0.25) is 0 Å². The van der Waals surface area contributed by atoms with Gasteiger partial charge in [0, 0.05) is 22.8 Å². The molecule has 0 atom stereocenters. The van der Waals surface area contributed by atoms with Crippen LogP contribution in [0.3, 0.4) is 0 Å². The number of aryl methyl sites for hydroxylation is 1. The summed E-state index contributed by atoms with van der Waals surface area (Å²) in [4.78, 5) is 24.6. The van der Waals surface area contributed by atoms with Gasteiger partial charge in [-0.05, 0) is 49.4 Å². The summed E-state index contributed by atoms with van der Waals surface area (Å²) in [5, 5.41) is 0.729. The fourth-order valence-corrected chi connectivity index (χ4v) is 3.27. The second-order valence-electron chi connectivity index (χ2n) is 6.12. The van der Waals surface area contributed by atoms with Gasteiger partial charge < -0.3 is 9.15 Å². The van der Waals surface area contributed by atoms with Gasteiger partial charge in [-0.3, -0.25) is 20.4 Å². The smallest absolute Gasteiger partial charge is 0.305 e. The third-order valence-corrected chi connectivity index (χ3v) is 5.31. The molecule has 2 amide bonds. The zero-order chi connectivity index (χ0) is 20.5. The van der Waals surface area contributed by atoms with Gasteiger partial charge in [-0.2, -0.15) is 0 Å². The summed E-state index contributed by atoms with van der Waals surface area (Å²) in [5.41, 5.74) is 5.89. The van der Waals surface area contributed by atoms with E-state index in [0.717, 1.165) is 11.6 Å². The first-order valence-electron chi connectivity index (χ1n) is 8.18. The molecule has 0 aliphatic carbocycles. The van der Waals surface area contributed by atoms with Crippen molar-refractivity contribution in [3.8, 4) is 5.75 Å². The highest BCUT2D eigenvalue weighted by molar-refractivity contribution is 7.90. The van der Waals surface area contributed by atoms with Crippen LogP contribution in [-0.2, 0) is 9.84 Å². The molecule has 0 fully saturated rings. The van der Waals surface area contributed by atoms with E-state index in [1.54, 1.807) is 32.2 Å². The normalized spacial score (nSPS) is 11.2. The van der Waals surface area contributed by atoms with Crippen molar-refractivity contribution in [3.63, 3.8) is 0 Å². The number of furan rings is 1. The maximum absolute atomic E-state index is 12.4. The predicted octanol–water partition coefficient (Wildman–Crippen LogP) is 2.23. The maximum Gasteiger partial charge on any atom is 0.305 e. The SMILES string of the molecule is COc1ccc2oc(C(=O)NNC(=O)c3ccc(S(C)(=O)=O)cc3)c(C)c2c1. The molecule has 3 rings (SSSR count). The number of carbonyl (C=O) groups excluding carboxylic acids is 2. The second-order valence-corrected chi connectivity index (χ2v) is 8.14. The molecule has 9 heteroatoms. The Morgan fingerprint density at radius 3 is 2.25 bits per heavy atom. The first-order valence-corrected chi connectivity index (χ1v) is 10.1. The Morgan fingerprint density at radius 1 is 1.00 bits per heavy atom. The number of fused-ring (bicyclic) bond motifs is 1. The highest BCUT2D eigenvalue weighted by Crippen LogP contribution is 2.28. The van der Waals surface area contributed by atoms with Crippen molar-refractivity contribution in [2.24, 2.45) is 0 Å². The topological polar surface area (TPSA) is 115 Å². The standard InChI is InChI=1S/C19H18N2O6S/c1-11-15-10-13(26-2)6-9-16(15)27-17(11)19(23)21-20-18(22)12-4-7-14(8-5-12)28(3,24)25/h4-10H,1-3H3,(H,20,22)(H,21,23). The van der Waals surface area contributed by atoms with Gasteiger partial charge in [0.1, 0.15) is 11.3 Å². The number of nitrogens with one attached hydrogen (secondary N) is 2. The van der Waals surface area contributed by atoms with Crippen molar-refractivity contribution < 1.29 is 27.2 Å². The highest BCUT2D eigenvalue weighted by atomic mass is 32.2. The minimum absolute atomic E-state index is 0.0657. The van der Waals surface area contributed by atoms with Gasteiger partial charge >= 0.3 is 5.91 Å². The molecule has 0 aliphatic heterocycles. The molecule has 1 aromatic heterocycles. The predicted molar refractivity (Wildman–Crippen MR) is 102 cm³/mol. The van der Waals surface area contributed by atoms with Crippen LogP contribution in [-0.4, -0.2) is 33.6 Å². The zero-order valence-corrected chi connectivity index (χ0v) is 16.2. The van der Waals surface area contributed by atoms with Crippen molar-refractivity contribution in [2.75, 3.05) is 13.4 Å². The molecule has 146 valence electrons. The average Bonchev–Trinajstić information content (AvgIpc) is 3.01. The minimum atomic E-state index is -3.35. The Bertz CT molecular complexity index is 1160. The number of carbonyl (C=O) groups is 2. The van der Waals surface area contributed by atoms with E-state index in [4.69, 9.17) is 9.15 Å². The van der Waals surface area contributed by atoms with Crippen molar-refractivity contribution in [1.82, 2.24) is 10.9 Å². The van der Waals surface area contributed by atoms with Crippen LogP contribution < -0.4 is 15.6 Å². The molecule has 28 heavy (non-hydrogen) atoms. The molecule has 0 saturated heterocycles. The number of benzene rings is 2. The minimum Gasteiger partial charge on any atom is -0.497 e. The van der Waals surface area contributed by atoms with Crippen LogP contribution in [0.25, 0.3) is 11.0 Å². The zero-order valence-electron chi connectivity index (χ0n) is 15.4. The van der Waals surface area contributed by atoms with E-state index in [1.807, 2.05) is 0 Å². The Labute approximate surface area is 161 Å². The van der Waals surface area contributed by atoms with Crippen LogP contribution in [0.15, 0.2) is 51.8 Å². The Morgan fingerprint density at radius 2 is 1.64 bits per heavy atom. The molecule has 0 aliphatic rings. The number of ether oxygens (including phenoxy) is 1. The number of amides is 2. The van der Waals surface area contributed by atoms with Crippen LogP contribution in [0, 0.1) is 6.92 Å². The number of sulfone groups is 1. The van der Waals surface area contributed by atoms with E-state index in [1.165, 1.54) is 24.3 Å². The van der Waals surface area contributed by atoms with Gasteiger partial charge in [0.25, 0.3) is 5.91 Å². The summed E-state index contributed by atoms with van der Waals surface area (Å²) in [6.45, 7) is 1.73. The van der Waals surface area contributed by atoms with E-state index in [-0.39, 0.29) is 16.2 Å². The molecular weight excluding hydrogens is 384 g/mol. The molecule has 2 N–H and O–H groups in total. The Balaban J connectivity index is 1.72. The molecular formula is C19H18N2O6S. The molecule has 1 heterocycles. The van der Waals surface area contributed by atoms with E-state index in [2.05, 4.69) is 10.9 Å². The third kappa shape index (κ3) is 3.84. The fraction of sp³-hybridized carbons (Fsp3) is 0.158. The molecule has 0 spiro atoms. The van der Waals surface area contributed by atoms with Crippen LogP contribution in [0.5, 0.6) is 5.75 Å². The van der Waals surface area contributed by atoms with E-state index >= 15 is 0 Å². The van der Waals surface area contributed by atoms with Gasteiger partial charge in [-0.25, -0.2) is 8.42 Å². The van der Waals surface area contributed by atoms with Gasteiger partial charge in [0.2, 0.25) is 0 Å². The van der Waals surface area contributed by atoms with Crippen molar-refractivity contribution >= 4 is 32.6 Å². The number of hydrogen-bond acceptors (Lipinski definition) is 6. The number of hydrazine groups is 1. The van der Waals surface area contributed by atoms with Gasteiger partial charge in [0.15, 0.2) is 15.6 Å². The highest BCUT2D eigenvalue weighted by Gasteiger charge is 2.19. The monoisotopic (exact) mass is 402 g/mol. The summed E-state index contributed by atoms with van der Waals surface area (Å²) in [6, 6.07) is 10.5. The van der Waals surface area contributed by atoms with Gasteiger partial charge in [-0.1, -0.05) is 0 Å². The third-order valence-electron chi connectivity index (χ3n) is 4.18. The van der Waals surface area contributed by atoms with Crippen molar-refractivity contribution in [2.45, 2.75) is 11.8 Å². The van der Waals surface area contributed by atoms with Crippen molar-refractivity contribution in [1.29, 1.82) is 0 Å². The molecule has 8 nitrogen and oxygen atoms in total. The second kappa shape index (κ2) is 7.35. The molecule has 0 radical (unpaired) electrons. The first kappa shape index (κ1) is 19.4. The van der Waals surface area contributed by atoms with Gasteiger partial charge in [-0.15, -0.1) is 0 Å². The summed E-state index contributed by atoms with van der Waals surface area (Å²) < 4.78 is 33.6. The van der Waals surface area contributed by atoms with E-state index in [9.17, 15) is 18.0 Å². The maximum atomic E-state index is 12.4. The van der Waals surface area contributed by atoms with Crippen molar-refractivity contribution in [3.05, 3.63) is 59.4 Å². The number of methoxy groups -OCH3 is 1. The molecule has 3 aromatic rings. The largest absolute Gasteiger partial charge is 0.497 e. The Hall–Kier alpha value is -3.33.